The van der Waals surface area contributed by atoms with Gasteiger partial charge < -0.3 is 0 Å². The third kappa shape index (κ3) is 4.92. The van der Waals surface area contributed by atoms with Gasteiger partial charge in [-0.15, -0.1) is 22.0 Å². The Morgan fingerprint density at radius 2 is 2.13 bits per heavy atom. The van der Waals surface area contributed by atoms with Crippen LogP contribution in [0.15, 0.2) is 0 Å². The van der Waals surface area contributed by atoms with Crippen LogP contribution in [0.4, 0.5) is 0 Å². The van der Waals surface area contributed by atoms with Crippen molar-refractivity contribution in [3.05, 3.63) is 5.82 Å². The Morgan fingerprint density at radius 1 is 1.47 bits per heavy atom. The van der Waals surface area contributed by atoms with Crippen molar-refractivity contribution in [2.75, 3.05) is 5.75 Å². The van der Waals surface area contributed by atoms with Crippen LogP contribution in [0, 0.1) is 0 Å². The number of tetrazole rings is 1. The van der Waals surface area contributed by atoms with Crippen molar-refractivity contribution in [1.29, 1.82) is 0 Å². The molecule has 1 aromatic heterocycles. The van der Waals surface area contributed by atoms with E-state index < -0.39 is 0 Å². The van der Waals surface area contributed by atoms with Crippen LogP contribution in [-0.2, 0) is 18.3 Å². The van der Waals surface area contributed by atoms with E-state index in [0.717, 1.165) is 0 Å². The van der Waals surface area contributed by atoms with Crippen LogP contribution in [0.1, 0.15) is 26.6 Å². The number of nitrogens with zero attached hydrogens (tertiary/aromatic N) is 4. The zero-order chi connectivity index (χ0) is 11.5. The molecule has 0 aliphatic rings. The van der Waals surface area contributed by atoms with Gasteiger partial charge >= 0.3 is 0 Å². The topological polar surface area (TPSA) is 60.7 Å². The molecule has 1 heterocycles. The van der Waals surface area contributed by atoms with E-state index >= 15 is 0 Å². The molecule has 0 saturated heterocycles. The Hall–Kier alpha value is -0.910. The Kier molecular flexibility index (Phi) is 3.84. The van der Waals surface area contributed by atoms with Crippen LogP contribution in [0.5, 0.6) is 0 Å². The van der Waals surface area contributed by atoms with Crippen molar-refractivity contribution >= 4 is 17.5 Å². The summed E-state index contributed by atoms with van der Waals surface area (Å²) in [5, 5.41) is 11.4. The fourth-order valence-corrected chi connectivity index (χ4v) is 1.61. The molecule has 15 heavy (non-hydrogen) atoms. The van der Waals surface area contributed by atoms with E-state index in [-0.39, 0.29) is 17.0 Å². The van der Waals surface area contributed by atoms with Crippen molar-refractivity contribution in [1.82, 2.24) is 20.2 Å². The van der Waals surface area contributed by atoms with Crippen LogP contribution in [0.25, 0.3) is 0 Å². The molecule has 0 aliphatic heterocycles. The number of hydrogen-bond acceptors (Lipinski definition) is 5. The number of hydrogen-bond donors (Lipinski definition) is 0. The summed E-state index contributed by atoms with van der Waals surface area (Å²) in [6.07, 6.45) is 0.275. The van der Waals surface area contributed by atoms with Gasteiger partial charge in [0.25, 0.3) is 0 Å². The van der Waals surface area contributed by atoms with Gasteiger partial charge in [0.15, 0.2) is 5.82 Å². The molecule has 84 valence electrons. The number of carbonyl (C=O) groups is 1. The van der Waals surface area contributed by atoms with Crippen LogP contribution < -0.4 is 0 Å². The molecule has 0 aliphatic carbocycles. The van der Waals surface area contributed by atoms with Crippen LogP contribution in [0.2, 0.25) is 0 Å². The van der Waals surface area contributed by atoms with Gasteiger partial charge in [0.1, 0.15) is 5.78 Å². The van der Waals surface area contributed by atoms with Gasteiger partial charge in [-0.1, -0.05) is 20.8 Å². The number of ketones is 1. The summed E-state index contributed by atoms with van der Waals surface area (Å²) in [7, 11) is 1.69. The van der Waals surface area contributed by atoms with Crippen molar-refractivity contribution in [3.63, 3.8) is 0 Å². The summed E-state index contributed by atoms with van der Waals surface area (Å²) in [6.45, 7) is 6.27. The molecule has 0 amide bonds. The molecule has 5 nitrogen and oxygen atoms in total. The molecule has 0 unspecified atom stereocenters. The molecule has 1 aromatic rings. The van der Waals surface area contributed by atoms with E-state index in [1.165, 1.54) is 4.80 Å². The number of Topliss-reactive ketones (excluding diaryl/α,β-unsaturated/α-hetero) is 1. The highest BCUT2D eigenvalue weighted by Gasteiger charge is 2.15. The van der Waals surface area contributed by atoms with Gasteiger partial charge in [0.2, 0.25) is 0 Å². The Balaban J connectivity index is 2.37. The first-order valence-corrected chi connectivity index (χ1v) is 5.74. The molecular formula is C9H16N4OS. The molecule has 0 aromatic carbocycles. The Labute approximate surface area is 93.6 Å². The van der Waals surface area contributed by atoms with Gasteiger partial charge in [-0.3, -0.25) is 4.79 Å². The largest absolute Gasteiger partial charge is 0.298 e. The van der Waals surface area contributed by atoms with E-state index in [4.69, 9.17) is 0 Å². The molecule has 1 rings (SSSR count). The summed E-state index contributed by atoms with van der Waals surface area (Å²) in [5.41, 5.74) is 0. The highest BCUT2D eigenvalue weighted by atomic mass is 32.2. The monoisotopic (exact) mass is 228 g/mol. The molecule has 0 atom stereocenters. The first-order valence-electron chi connectivity index (χ1n) is 4.75. The second-order valence-electron chi connectivity index (χ2n) is 4.31. The first kappa shape index (κ1) is 12.2. The lowest BCUT2D eigenvalue weighted by atomic mass is 10.3. The van der Waals surface area contributed by atoms with Crippen LogP contribution >= 0.6 is 11.8 Å². The highest BCUT2D eigenvalue weighted by molar-refractivity contribution is 8.01. The zero-order valence-corrected chi connectivity index (χ0v) is 10.3. The molecule has 0 N–H and O–H groups in total. The molecule has 0 saturated carbocycles. The molecule has 0 bridgehead atoms. The SMILES string of the molecule is Cn1nnc(CC(=O)CSC(C)(C)C)n1. The smallest absolute Gasteiger partial charge is 0.182 e. The third-order valence-electron chi connectivity index (χ3n) is 1.57. The number of aryl methyl sites for hydroxylation is 1. The number of aromatic nitrogens is 4. The molecule has 0 radical (unpaired) electrons. The van der Waals surface area contributed by atoms with Gasteiger partial charge in [-0.2, -0.15) is 4.80 Å². The second-order valence-corrected chi connectivity index (χ2v) is 6.11. The predicted molar refractivity (Wildman–Crippen MR) is 59.7 cm³/mol. The van der Waals surface area contributed by atoms with E-state index in [1.54, 1.807) is 18.8 Å². The standard InChI is InChI=1S/C9H16N4OS/c1-9(2,3)15-6-7(14)5-8-10-12-13(4)11-8/h5-6H2,1-4H3. The van der Waals surface area contributed by atoms with E-state index in [2.05, 4.69) is 36.2 Å². The maximum atomic E-state index is 11.5. The minimum atomic E-state index is 0.117. The van der Waals surface area contributed by atoms with Gasteiger partial charge in [0.05, 0.1) is 19.2 Å². The summed E-state index contributed by atoms with van der Waals surface area (Å²) in [6, 6.07) is 0. The van der Waals surface area contributed by atoms with Crippen LogP contribution in [0.3, 0.4) is 0 Å². The summed E-state index contributed by atoms with van der Waals surface area (Å²) >= 11 is 1.64. The average Bonchev–Trinajstić information content (AvgIpc) is 2.47. The summed E-state index contributed by atoms with van der Waals surface area (Å²) in [4.78, 5) is 12.9. The lowest BCUT2D eigenvalue weighted by Gasteiger charge is -2.16. The maximum Gasteiger partial charge on any atom is 0.182 e. The molecule has 6 heteroatoms. The van der Waals surface area contributed by atoms with Gasteiger partial charge in [0, 0.05) is 4.75 Å². The highest BCUT2D eigenvalue weighted by Crippen LogP contribution is 2.22. The summed E-state index contributed by atoms with van der Waals surface area (Å²) in [5.74, 6) is 1.14. The van der Waals surface area contributed by atoms with E-state index in [0.29, 0.717) is 11.6 Å². The van der Waals surface area contributed by atoms with E-state index in [9.17, 15) is 4.79 Å². The predicted octanol–water partition coefficient (Wildman–Crippen LogP) is 0.853. The molecule has 0 spiro atoms. The second kappa shape index (κ2) is 4.74. The quantitative estimate of drug-likeness (QED) is 0.764. The lowest BCUT2D eigenvalue weighted by molar-refractivity contribution is -0.116. The average molecular weight is 228 g/mol. The lowest BCUT2D eigenvalue weighted by Crippen LogP contribution is -2.15. The van der Waals surface area contributed by atoms with Crippen molar-refractivity contribution in [2.24, 2.45) is 7.05 Å². The minimum absolute atomic E-state index is 0.117. The van der Waals surface area contributed by atoms with Crippen molar-refractivity contribution < 1.29 is 4.79 Å². The fourth-order valence-electron chi connectivity index (χ4n) is 0.918. The molecular weight excluding hydrogens is 212 g/mol. The normalized spacial score (nSPS) is 11.7. The maximum absolute atomic E-state index is 11.5. The number of carbonyl (C=O) groups excluding carboxylic acids is 1. The van der Waals surface area contributed by atoms with Crippen molar-refractivity contribution in [2.45, 2.75) is 31.9 Å². The zero-order valence-electron chi connectivity index (χ0n) is 9.52. The fraction of sp³-hybridized carbons (Fsp3) is 0.778. The van der Waals surface area contributed by atoms with Crippen molar-refractivity contribution in [3.8, 4) is 0 Å². The molecule has 0 fully saturated rings. The van der Waals surface area contributed by atoms with Gasteiger partial charge in [-0.05, 0) is 5.21 Å². The summed E-state index contributed by atoms with van der Waals surface area (Å²) < 4.78 is 0.117. The van der Waals surface area contributed by atoms with Gasteiger partial charge in [-0.25, -0.2) is 0 Å². The number of rotatable bonds is 4. The first-order chi connectivity index (χ1) is 6.87. The third-order valence-corrected chi connectivity index (χ3v) is 2.90. The Morgan fingerprint density at radius 3 is 2.60 bits per heavy atom. The minimum Gasteiger partial charge on any atom is -0.298 e. The Bertz CT molecular complexity index is 342. The number of thioether (sulfide) groups is 1. The van der Waals surface area contributed by atoms with E-state index in [1.807, 2.05) is 0 Å². The van der Waals surface area contributed by atoms with Crippen LogP contribution in [-0.4, -0.2) is 36.5 Å².